The Balaban J connectivity index is 2.23. The van der Waals surface area contributed by atoms with E-state index in [1.807, 2.05) is 6.07 Å². The summed E-state index contributed by atoms with van der Waals surface area (Å²) in [6.07, 6.45) is 4.32. The number of aliphatic hydroxyl groups is 1. The Labute approximate surface area is 108 Å². The Bertz CT molecular complexity index is 338. The fraction of sp³-hybridized carbons (Fsp3) is 0.636. The third-order valence-corrected chi connectivity index (χ3v) is 5.87. The zero-order valence-electron chi connectivity index (χ0n) is 8.59. The van der Waals surface area contributed by atoms with E-state index < -0.39 is 0 Å². The second kappa shape index (κ2) is 4.36. The van der Waals surface area contributed by atoms with Crippen LogP contribution in [0, 0.1) is 5.41 Å². The first-order valence-electron chi connectivity index (χ1n) is 5.16. The summed E-state index contributed by atoms with van der Waals surface area (Å²) in [5, 5.41) is 11.1. The molecule has 1 heterocycles. The number of rotatable bonds is 2. The van der Waals surface area contributed by atoms with Crippen molar-refractivity contribution in [1.82, 2.24) is 0 Å². The Morgan fingerprint density at radius 2 is 2.13 bits per heavy atom. The molecule has 2 rings (SSSR count). The molecule has 0 aliphatic heterocycles. The highest BCUT2D eigenvalue weighted by atomic mass is 79.9. The van der Waals surface area contributed by atoms with Crippen molar-refractivity contribution in [3.05, 3.63) is 19.8 Å². The third-order valence-electron chi connectivity index (χ3n) is 3.34. The van der Waals surface area contributed by atoms with Crippen LogP contribution in [0.4, 0.5) is 0 Å². The van der Waals surface area contributed by atoms with Crippen LogP contribution in [0.3, 0.4) is 0 Å². The van der Waals surface area contributed by atoms with E-state index in [1.165, 1.54) is 12.8 Å². The van der Waals surface area contributed by atoms with Gasteiger partial charge in [-0.1, -0.05) is 31.4 Å². The quantitative estimate of drug-likeness (QED) is 0.833. The molecule has 1 N–H and O–H groups in total. The zero-order valence-corrected chi connectivity index (χ0v) is 11.8. The fourth-order valence-corrected chi connectivity index (χ4v) is 4.21. The van der Waals surface area contributed by atoms with Crippen LogP contribution in [0.5, 0.6) is 0 Å². The summed E-state index contributed by atoms with van der Waals surface area (Å²) in [5.41, 5.74) is 0.0492. The molecule has 0 saturated heterocycles. The Morgan fingerprint density at radius 3 is 2.60 bits per heavy atom. The number of thiophene rings is 1. The molecule has 4 heteroatoms. The highest BCUT2D eigenvalue weighted by Gasteiger charge is 2.37. The predicted molar refractivity (Wildman–Crippen MR) is 68.6 cm³/mol. The standard InChI is InChI=1S/C11H14BrClOS/c1-11(4-2-3-5-11)9(14)8-6-7(13)10(12)15-8/h6,9,14H,2-5H2,1H3. The van der Waals surface area contributed by atoms with Gasteiger partial charge in [0.15, 0.2) is 0 Å². The molecule has 1 aromatic rings. The van der Waals surface area contributed by atoms with Gasteiger partial charge >= 0.3 is 0 Å². The van der Waals surface area contributed by atoms with E-state index in [2.05, 4.69) is 22.9 Å². The maximum Gasteiger partial charge on any atom is 0.0936 e. The van der Waals surface area contributed by atoms with Crippen molar-refractivity contribution >= 4 is 38.9 Å². The molecule has 1 atom stereocenters. The minimum Gasteiger partial charge on any atom is -0.387 e. The van der Waals surface area contributed by atoms with Gasteiger partial charge in [0.05, 0.1) is 14.9 Å². The molecular formula is C11H14BrClOS. The van der Waals surface area contributed by atoms with Crippen molar-refractivity contribution in [3.8, 4) is 0 Å². The maximum atomic E-state index is 10.3. The first-order chi connectivity index (χ1) is 7.03. The Hall–Kier alpha value is 0.430. The van der Waals surface area contributed by atoms with Crippen molar-refractivity contribution in [3.63, 3.8) is 0 Å². The van der Waals surface area contributed by atoms with E-state index in [-0.39, 0.29) is 11.5 Å². The molecule has 0 bridgehead atoms. The molecule has 15 heavy (non-hydrogen) atoms. The summed E-state index contributed by atoms with van der Waals surface area (Å²) in [4.78, 5) is 0.983. The molecule has 0 spiro atoms. The maximum absolute atomic E-state index is 10.3. The molecular weight excluding hydrogens is 296 g/mol. The average Bonchev–Trinajstić information content (AvgIpc) is 2.75. The van der Waals surface area contributed by atoms with Gasteiger partial charge in [-0.15, -0.1) is 11.3 Å². The summed E-state index contributed by atoms with van der Waals surface area (Å²) in [5.74, 6) is 0. The topological polar surface area (TPSA) is 20.2 Å². The van der Waals surface area contributed by atoms with Gasteiger partial charge < -0.3 is 5.11 Å². The minimum atomic E-state index is -0.367. The smallest absolute Gasteiger partial charge is 0.0936 e. The molecule has 84 valence electrons. The van der Waals surface area contributed by atoms with Gasteiger partial charge in [0.2, 0.25) is 0 Å². The van der Waals surface area contributed by atoms with Crippen molar-refractivity contribution in [1.29, 1.82) is 0 Å². The van der Waals surface area contributed by atoms with Crippen LogP contribution in [0.25, 0.3) is 0 Å². The van der Waals surface area contributed by atoms with Crippen molar-refractivity contribution in [2.24, 2.45) is 5.41 Å². The molecule has 1 saturated carbocycles. The normalized spacial score (nSPS) is 21.9. The first-order valence-corrected chi connectivity index (χ1v) is 7.14. The molecule has 1 aromatic heterocycles. The van der Waals surface area contributed by atoms with E-state index in [4.69, 9.17) is 11.6 Å². The van der Waals surface area contributed by atoms with Crippen molar-refractivity contribution in [2.45, 2.75) is 38.7 Å². The van der Waals surface area contributed by atoms with Gasteiger partial charge in [-0.25, -0.2) is 0 Å². The van der Waals surface area contributed by atoms with E-state index in [9.17, 15) is 5.11 Å². The van der Waals surface area contributed by atoms with Gasteiger partial charge in [-0.3, -0.25) is 0 Å². The highest BCUT2D eigenvalue weighted by Crippen LogP contribution is 2.49. The van der Waals surface area contributed by atoms with Gasteiger partial charge in [0.25, 0.3) is 0 Å². The number of hydrogen-bond donors (Lipinski definition) is 1. The van der Waals surface area contributed by atoms with Crippen molar-refractivity contribution in [2.75, 3.05) is 0 Å². The lowest BCUT2D eigenvalue weighted by Gasteiger charge is -2.29. The SMILES string of the molecule is CC1(C(O)c2cc(Cl)c(Br)s2)CCCC1. The second-order valence-corrected chi connectivity index (χ2v) is 7.34. The van der Waals surface area contributed by atoms with E-state index in [1.54, 1.807) is 11.3 Å². The first kappa shape index (κ1) is 11.9. The monoisotopic (exact) mass is 308 g/mol. The van der Waals surface area contributed by atoms with Crippen LogP contribution in [0.2, 0.25) is 5.02 Å². The van der Waals surface area contributed by atoms with Gasteiger partial charge in [-0.2, -0.15) is 0 Å². The van der Waals surface area contributed by atoms with E-state index in [0.29, 0.717) is 5.02 Å². The molecule has 0 amide bonds. The van der Waals surface area contributed by atoms with Crippen LogP contribution in [-0.2, 0) is 0 Å². The third kappa shape index (κ3) is 2.26. The summed E-state index contributed by atoms with van der Waals surface area (Å²) in [6, 6.07) is 1.88. The molecule has 0 aromatic carbocycles. The summed E-state index contributed by atoms with van der Waals surface area (Å²) in [6.45, 7) is 2.17. The van der Waals surface area contributed by atoms with Gasteiger partial charge in [0.1, 0.15) is 0 Å². The molecule has 1 aliphatic rings. The summed E-state index contributed by atoms with van der Waals surface area (Å²) in [7, 11) is 0. The Kier molecular flexibility index (Phi) is 3.46. The largest absolute Gasteiger partial charge is 0.387 e. The van der Waals surface area contributed by atoms with E-state index >= 15 is 0 Å². The fourth-order valence-electron chi connectivity index (χ4n) is 2.30. The van der Waals surface area contributed by atoms with E-state index in [0.717, 1.165) is 21.5 Å². The van der Waals surface area contributed by atoms with Crippen LogP contribution >= 0.6 is 38.9 Å². The van der Waals surface area contributed by atoms with Crippen LogP contribution in [-0.4, -0.2) is 5.11 Å². The average molecular weight is 310 g/mol. The molecule has 1 aliphatic carbocycles. The lowest BCUT2D eigenvalue weighted by molar-refractivity contribution is 0.0438. The van der Waals surface area contributed by atoms with Crippen LogP contribution < -0.4 is 0 Å². The number of aliphatic hydroxyl groups excluding tert-OH is 1. The molecule has 1 fully saturated rings. The van der Waals surface area contributed by atoms with Crippen LogP contribution in [0.15, 0.2) is 9.85 Å². The van der Waals surface area contributed by atoms with Gasteiger partial charge in [0, 0.05) is 4.88 Å². The lowest BCUT2D eigenvalue weighted by atomic mass is 9.82. The predicted octanol–water partition coefficient (Wildman–Crippen LogP) is 4.78. The highest BCUT2D eigenvalue weighted by molar-refractivity contribution is 9.11. The van der Waals surface area contributed by atoms with Gasteiger partial charge in [-0.05, 0) is 40.3 Å². The Morgan fingerprint density at radius 1 is 1.53 bits per heavy atom. The summed E-state index contributed by atoms with van der Waals surface area (Å²) < 4.78 is 0.916. The van der Waals surface area contributed by atoms with Crippen LogP contribution in [0.1, 0.15) is 43.6 Å². The minimum absolute atomic E-state index is 0.0492. The lowest BCUT2D eigenvalue weighted by Crippen LogP contribution is -2.21. The second-order valence-electron chi connectivity index (χ2n) is 4.53. The molecule has 0 radical (unpaired) electrons. The summed E-state index contributed by atoms with van der Waals surface area (Å²) >= 11 is 10.9. The number of hydrogen-bond acceptors (Lipinski definition) is 2. The molecule has 1 unspecified atom stereocenters. The number of halogens is 2. The zero-order chi connectivity index (χ0) is 11.1. The van der Waals surface area contributed by atoms with Crippen molar-refractivity contribution < 1.29 is 5.11 Å². The molecule has 1 nitrogen and oxygen atoms in total.